The Hall–Kier alpha value is -2.04. The van der Waals surface area contributed by atoms with Crippen molar-refractivity contribution in [3.8, 4) is 0 Å². The van der Waals surface area contributed by atoms with E-state index in [9.17, 15) is 4.79 Å². The van der Waals surface area contributed by atoms with Gasteiger partial charge in [-0.3, -0.25) is 9.36 Å². The molecular weight excluding hydrogens is 316 g/mol. The molecular formula is C20H20N2OS. The van der Waals surface area contributed by atoms with Crippen molar-refractivity contribution >= 4 is 28.6 Å². The van der Waals surface area contributed by atoms with Gasteiger partial charge in [0, 0.05) is 29.2 Å². The van der Waals surface area contributed by atoms with E-state index in [4.69, 9.17) is 0 Å². The van der Waals surface area contributed by atoms with Crippen LogP contribution in [0, 0.1) is 0 Å². The van der Waals surface area contributed by atoms with Gasteiger partial charge < -0.3 is 5.32 Å². The molecule has 3 aromatic rings. The van der Waals surface area contributed by atoms with E-state index < -0.39 is 0 Å². The Morgan fingerprint density at radius 2 is 1.92 bits per heavy atom. The maximum atomic E-state index is 13.2. The number of aromatic nitrogens is 1. The Balaban J connectivity index is 1.95. The fourth-order valence-corrected chi connectivity index (χ4v) is 4.92. The molecule has 1 atom stereocenters. The summed E-state index contributed by atoms with van der Waals surface area (Å²) in [5.74, 6) is 1.57. The average Bonchev–Trinajstić information content (AvgIpc) is 2.97. The standard InChI is InChI=1S/C20H20N2OS/c1-21-13-15-11-12-24-20-18(15)16-9-5-6-10-17(16)22(20)19(23)14-7-3-2-4-8-14/h2-10,15,21H,11-13H2,1H3. The van der Waals surface area contributed by atoms with Crippen LogP contribution >= 0.6 is 11.8 Å². The van der Waals surface area contributed by atoms with Crippen LogP contribution in [0.15, 0.2) is 59.6 Å². The number of rotatable bonds is 3. The normalized spacial score (nSPS) is 17.0. The molecule has 0 amide bonds. The molecule has 1 aromatic heterocycles. The third-order valence-corrected chi connectivity index (χ3v) is 5.77. The van der Waals surface area contributed by atoms with Crippen molar-refractivity contribution in [2.45, 2.75) is 17.4 Å². The number of likely N-dealkylation sites (N-methyl/N-ethyl adjacent to an activating group) is 1. The Labute approximate surface area is 146 Å². The van der Waals surface area contributed by atoms with Crippen LogP contribution in [0.2, 0.25) is 0 Å². The van der Waals surface area contributed by atoms with Crippen molar-refractivity contribution in [3.63, 3.8) is 0 Å². The lowest BCUT2D eigenvalue weighted by atomic mass is 9.95. The molecule has 2 heterocycles. The van der Waals surface area contributed by atoms with E-state index in [2.05, 4.69) is 23.5 Å². The molecule has 0 spiro atoms. The summed E-state index contributed by atoms with van der Waals surface area (Å²) in [6, 6.07) is 17.9. The lowest BCUT2D eigenvalue weighted by Crippen LogP contribution is -2.21. The first-order chi connectivity index (χ1) is 11.8. The number of carbonyl (C=O) groups is 1. The number of nitrogens with one attached hydrogen (secondary N) is 1. The SMILES string of the molecule is CNCC1CCSc2c1c1ccccc1n2C(=O)c1ccccc1. The molecule has 24 heavy (non-hydrogen) atoms. The van der Waals surface area contributed by atoms with Gasteiger partial charge in [0.05, 0.1) is 10.5 Å². The Bertz CT molecular complexity index is 885. The van der Waals surface area contributed by atoms with E-state index in [0.717, 1.165) is 34.8 Å². The summed E-state index contributed by atoms with van der Waals surface area (Å²) in [6.45, 7) is 0.946. The Kier molecular flexibility index (Phi) is 4.17. The van der Waals surface area contributed by atoms with Crippen molar-refractivity contribution in [3.05, 3.63) is 65.7 Å². The zero-order chi connectivity index (χ0) is 16.5. The minimum Gasteiger partial charge on any atom is -0.319 e. The van der Waals surface area contributed by atoms with E-state index in [1.54, 1.807) is 0 Å². The second-order valence-corrected chi connectivity index (χ2v) is 7.22. The highest BCUT2D eigenvalue weighted by Gasteiger charge is 2.29. The fraction of sp³-hybridized carbons (Fsp3) is 0.250. The number of nitrogens with zero attached hydrogens (tertiary/aromatic N) is 1. The topological polar surface area (TPSA) is 34.0 Å². The summed E-state index contributed by atoms with van der Waals surface area (Å²) in [4.78, 5) is 13.2. The fourth-order valence-electron chi connectivity index (χ4n) is 3.58. The van der Waals surface area contributed by atoms with Crippen molar-refractivity contribution < 1.29 is 4.79 Å². The molecule has 2 aromatic carbocycles. The number of fused-ring (bicyclic) bond motifs is 3. The maximum absolute atomic E-state index is 13.2. The van der Waals surface area contributed by atoms with Gasteiger partial charge in [0.2, 0.25) is 0 Å². The highest BCUT2D eigenvalue weighted by Crippen LogP contribution is 2.43. The van der Waals surface area contributed by atoms with Gasteiger partial charge in [-0.25, -0.2) is 0 Å². The molecule has 1 N–H and O–H groups in total. The second-order valence-electron chi connectivity index (χ2n) is 6.13. The zero-order valence-electron chi connectivity index (χ0n) is 13.7. The Morgan fingerprint density at radius 3 is 2.71 bits per heavy atom. The van der Waals surface area contributed by atoms with Crippen molar-refractivity contribution in [2.75, 3.05) is 19.3 Å². The molecule has 3 nitrogen and oxygen atoms in total. The molecule has 122 valence electrons. The van der Waals surface area contributed by atoms with E-state index in [1.807, 2.05) is 59.8 Å². The monoisotopic (exact) mass is 336 g/mol. The van der Waals surface area contributed by atoms with Crippen LogP contribution < -0.4 is 5.32 Å². The summed E-state index contributed by atoms with van der Waals surface area (Å²) >= 11 is 1.81. The molecule has 0 aliphatic carbocycles. The maximum Gasteiger partial charge on any atom is 0.263 e. The number of hydrogen-bond acceptors (Lipinski definition) is 3. The van der Waals surface area contributed by atoms with Crippen molar-refractivity contribution in [1.82, 2.24) is 9.88 Å². The van der Waals surface area contributed by atoms with Crippen LogP contribution in [0.4, 0.5) is 0 Å². The molecule has 0 radical (unpaired) electrons. The quantitative estimate of drug-likeness (QED) is 0.781. The summed E-state index contributed by atoms with van der Waals surface area (Å²) in [6.07, 6.45) is 1.14. The van der Waals surface area contributed by atoms with Crippen LogP contribution in [0.5, 0.6) is 0 Å². The average molecular weight is 336 g/mol. The van der Waals surface area contributed by atoms with Crippen LogP contribution in [0.1, 0.15) is 28.3 Å². The first kappa shape index (κ1) is 15.5. The molecule has 0 bridgehead atoms. The zero-order valence-corrected chi connectivity index (χ0v) is 14.5. The molecule has 1 aliphatic rings. The first-order valence-corrected chi connectivity index (χ1v) is 9.30. The van der Waals surface area contributed by atoms with Gasteiger partial charge in [0.15, 0.2) is 0 Å². The van der Waals surface area contributed by atoms with Crippen LogP contribution in [0.3, 0.4) is 0 Å². The van der Waals surface area contributed by atoms with Crippen molar-refractivity contribution in [1.29, 1.82) is 0 Å². The van der Waals surface area contributed by atoms with Gasteiger partial charge in [-0.1, -0.05) is 36.4 Å². The van der Waals surface area contributed by atoms with E-state index in [0.29, 0.717) is 5.92 Å². The van der Waals surface area contributed by atoms with Crippen molar-refractivity contribution in [2.24, 2.45) is 0 Å². The van der Waals surface area contributed by atoms with Gasteiger partial charge in [0.1, 0.15) is 0 Å². The molecule has 0 saturated carbocycles. The van der Waals surface area contributed by atoms with Crippen LogP contribution in [0.25, 0.3) is 10.9 Å². The van der Waals surface area contributed by atoms with E-state index >= 15 is 0 Å². The smallest absolute Gasteiger partial charge is 0.263 e. The number of hydrogen-bond donors (Lipinski definition) is 1. The first-order valence-electron chi connectivity index (χ1n) is 8.31. The highest BCUT2D eigenvalue weighted by atomic mass is 32.2. The van der Waals surface area contributed by atoms with Crippen LogP contribution in [-0.2, 0) is 0 Å². The highest BCUT2D eigenvalue weighted by molar-refractivity contribution is 7.99. The predicted molar refractivity (Wildman–Crippen MR) is 100 cm³/mol. The number of carbonyl (C=O) groups excluding carboxylic acids is 1. The largest absolute Gasteiger partial charge is 0.319 e. The van der Waals surface area contributed by atoms with E-state index in [-0.39, 0.29) is 5.91 Å². The number of thioether (sulfide) groups is 1. The van der Waals surface area contributed by atoms with Gasteiger partial charge in [-0.05, 0) is 37.2 Å². The Morgan fingerprint density at radius 1 is 1.17 bits per heavy atom. The number of benzene rings is 2. The minimum absolute atomic E-state index is 0.0608. The molecule has 0 saturated heterocycles. The predicted octanol–water partition coefficient (Wildman–Crippen LogP) is 4.13. The van der Waals surface area contributed by atoms with E-state index in [1.165, 1.54) is 10.9 Å². The van der Waals surface area contributed by atoms with Gasteiger partial charge in [0.25, 0.3) is 5.91 Å². The molecule has 1 unspecified atom stereocenters. The van der Waals surface area contributed by atoms with Gasteiger partial charge >= 0.3 is 0 Å². The third-order valence-electron chi connectivity index (χ3n) is 4.66. The van der Waals surface area contributed by atoms with Gasteiger partial charge in [-0.15, -0.1) is 11.8 Å². The summed E-state index contributed by atoms with van der Waals surface area (Å²) in [5, 5.41) is 5.64. The minimum atomic E-state index is 0.0608. The third kappa shape index (κ3) is 2.46. The summed E-state index contributed by atoms with van der Waals surface area (Å²) in [5.41, 5.74) is 3.09. The lowest BCUT2D eigenvalue weighted by Gasteiger charge is -2.23. The molecule has 1 aliphatic heterocycles. The molecule has 4 heteroatoms. The molecule has 0 fully saturated rings. The summed E-state index contributed by atoms with van der Waals surface area (Å²) < 4.78 is 1.92. The molecule has 4 rings (SSSR count). The van der Waals surface area contributed by atoms with Crippen LogP contribution in [-0.4, -0.2) is 29.8 Å². The second kappa shape index (κ2) is 6.46. The lowest BCUT2D eigenvalue weighted by molar-refractivity contribution is 0.0956. The van der Waals surface area contributed by atoms with Gasteiger partial charge in [-0.2, -0.15) is 0 Å². The summed E-state index contributed by atoms with van der Waals surface area (Å²) in [7, 11) is 2.00. The number of para-hydroxylation sites is 1.